The van der Waals surface area contributed by atoms with Gasteiger partial charge in [-0.15, -0.1) is 0 Å². The highest BCUT2D eigenvalue weighted by Crippen LogP contribution is 2.25. The van der Waals surface area contributed by atoms with Gasteiger partial charge in [-0.05, 0) is 38.0 Å². The first-order valence-electron chi connectivity index (χ1n) is 5.30. The van der Waals surface area contributed by atoms with Crippen molar-refractivity contribution < 1.29 is 5.11 Å². The lowest BCUT2D eigenvalue weighted by atomic mass is 10.1. The number of hydrogen-bond acceptors (Lipinski definition) is 3. The summed E-state index contributed by atoms with van der Waals surface area (Å²) in [5.41, 5.74) is 0. The predicted molar refractivity (Wildman–Crippen MR) is 59.3 cm³/mol. The predicted octanol–water partition coefficient (Wildman–Crippen LogP) is 1.63. The highest BCUT2D eigenvalue weighted by molar-refractivity contribution is 8.00. The molecule has 78 valence electrons. The zero-order valence-electron chi connectivity index (χ0n) is 8.46. The minimum atomic E-state index is 0.343. The molecule has 3 heteroatoms. The normalized spacial score (nSPS) is 28.2. The summed E-state index contributed by atoms with van der Waals surface area (Å²) in [5, 5.41) is 13.0. The van der Waals surface area contributed by atoms with Crippen LogP contribution in [0.5, 0.6) is 0 Å². The van der Waals surface area contributed by atoms with Crippen LogP contribution in [0.3, 0.4) is 0 Å². The van der Waals surface area contributed by atoms with E-state index in [1.165, 1.54) is 18.6 Å². The van der Waals surface area contributed by atoms with E-state index >= 15 is 0 Å². The molecule has 2 atom stereocenters. The van der Waals surface area contributed by atoms with Crippen LogP contribution in [0.4, 0.5) is 0 Å². The van der Waals surface area contributed by atoms with Crippen LogP contribution < -0.4 is 5.32 Å². The zero-order valence-corrected chi connectivity index (χ0v) is 9.28. The minimum Gasteiger partial charge on any atom is -0.396 e. The van der Waals surface area contributed by atoms with Crippen LogP contribution in [0, 0.1) is 0 Å². The lowest BCUT2D eigenvalue weighted by Gasteiger charge is -2.15. The lowest BCUT2D eigenvalue weighted by molar-refractivity contribution is 0.282. The summed E-state index contributed by atoms with van der Waals surface area (Å²) in [5.74, 6) is 1.31. The molecule has 0 bridgehead atoms. The molecule has 0 aromatic rings. The molecule has 0 aliphatic carbocycles. The summed E-state index contributed by atoms with van der Waals surface area (Å²) in [6, 6.07) is 0.735. The van der Waals surface area contributed by atoms with Gasteiger partial charge in [0, 0.05) is 17.9 Å². The fraction of sp³-hybridized carbons (Fsp3) is 1.00. The van der Waals surface area contributed by atoms with E-state index in [0.29, 0.717) is 6.61 Å². The van der Waals surface area contributed by atoms with E-state index in [9.17, 15) is 0 Å². The summed E-state index contributed by atoms with van der Waals surface area (Å²) in [6.07, 6.45) is 4.63. The first kappa shape index (κ1) is 11.3. The lowest BCUT2D eigenvalue weighted by Crippen LogP contribution is -2.33. The van der Waals surface area contributed by atoms with Crippen LogP contribution in [0.1, 0.15) is 32.6 Å². The molecule has 1 rings (SSSR count). The van der Waals surface area contributed by atoms with E-state index < -0.39 is 0 Å². The number of hydrogen-bond donors (Lipinski definition) is 2. The SMILES string of the molecule is CC1SCCC1NCCCCCO. The summed E-state index contributed by atoms with van der Waals surface area (Å²) in [6.45, 7) is 3.77. The molecule has 1 saturated heterocycles. The molecule has 0 saturated carbocycles. The summed E-state index contributed by atoms with van der Waals surface area (Å²) >= 11 is 2.07. The Bertz CT molecular complexity index is 132. The van der Waals surface area contributed by atoms with Crippen LogP contribution in [0.2, 0.25) is 0 Å². The molecule has 1 heterocycles. The van der Waals surface area contributed by atoms with Gasteiger partial charge in [0.2, 0.25) is 0 Å². The molecular weight excluding hydrogens is 182 g/mol. The number of nitrogens with one attached hydrogen (secondary N) is 1. The Morgan fingerprint density at radius 3 is 2.85 bits per heavy atom. The number of aliphatic hydroxyl groups is 1. The molecule has 1 fully saturated rings. The van der Waals surface area contributed by atoms with Gasteiger partial charge < -0.3 is 10.4 Å². The van der Waals surface area contributed by atoms with E-state index in [-0.39, 0.29) is 0 Å². The second-order valence-electron chi connectivity index (χ2n) is 3.71. The number of aliphatic hydroxyl groups excluding tert-OH is 1. The molecule has 0 radical (unpaired) electrons. The third-order valence-corrected chi connectivity index (χ3v) is 3.94. The highest BCUT2D eigenvalue weighted by Gasteiger charge is 2.22. The second kappa shape index (κ2) is 6.68. The molecular formula is C10H21NOS. The molecule has 0 aromatic carbocycles. The molecule has 0 aromatic heterocycles. The summed E-state index contributed by atoms with van der Waals surface area (Å²) in [7, 11) is 0. The fourth-order valence-corrected chi connectivity index (χ4v) is 2.93. The maximum atomic E-state index is 8.60. The molecule has 1 aliphatic heterocycles. The van der Waals surface area contributed by atoms with Crippen LogP contribution in [0.25, 0.3) is 0 Å². The van der Waals surface area contributed by atoms with Gasteiger partial charge in [0.1, 0.15) is 0 Å². The van der Waals surface area contributed by atoms with Crippen molar-refractivity contribution >= 4 is 11.8 Å². The van der Waals surface area contributed by atoms with Crippen molar-refractivity contribution in [1.82, 2.24) is 5.32 Å². The van der Waals surface area contributed by atoms with Crippen LogP contribution in [0.15, 0.2) is 0 Å². The Labute approximate surface area is 85.5 Å². The molecule has 2 unspecified atom stereocenters. The van der Waals surface area contributed by atoms with E-state index in [0.717, 1.165) is 30.7 Å². The van der Waals surface area contributed by atoms with Gasteiger partial charge in [-0.2, -0.15) is 11.8 Å². The average molecular weight is 203 g/mol. The smallest absolute Gasteiger partial charge is 0.0431 e. The van der Waals surface area contributed by atoms with Gasteiger partial charge in [0.25, 0.3) is 0 Å². The Morgan fingerprint density at radius 1 is 1.38 bits per heavy atom. The molecule has 2 nitrogen and oxygen atoms in total. The quantitative estimate of drug-likeness (QED) is 0.644. The van der Waals surface area contributed by atoms with E-state index in [1.807, 2.05) is 0 Å². The van der Waals surface area contributed by atoms with E-state index in [2.05, 4.69) is 24.0 Å². The minimum absolute atomic E-state index is 0.343. The van der Waals surface area contributed by atoms with Crippen LogP contribution >= 0.6 is 11.8 Å². The highest BCUT2D eigenvalue weighted by atomic mass is 32.2. The standard InChI is InChI=1S/C10H21NOS/c1-9-10(5-8-13-9)11-6-3-2-4-7-12/h9-12H,2-8H2,1H3. The first-order valence-corrected chi connectivity index (χ1v) is 6.35. The van der Waals surface area contributed by atoms with Gasteiger partial charge in [0.05, 0.1) is 0 Å². The molecule has 2 N–H and O–H groups in total. The van der Waals surface area contributed by atoms with Crippen LogP contribution in [-0.4, -0.2) is 35.3 Å². The Hall–Kier alpha value is 0.270. The summed E-state index contributed by atoms with van der Waals surface area (Å²) < 4.78 is 0. The van der Waals surface area contributed by atoms with Gasteiger partial charge in [-0.25, -0.2) is 0 Å². The number of thioether (sulfide) groups is 1. The largest absolute Gasteiger partial charge is 0.396 e. The molecule has 13 heavy (non-hydrogen) atoms. The Morgan fingerprint density at radius 2 is 2.23 bits per heavy atom. The van der Waals surface area contributed by atoms with Crippen molar-refractivity contribution in [2.75, 3.05) is 18.9 Å². The topological polar surface area (TPSA) is 32.3 Å². The van der Waals surface area contributed by atoms with Gasteiger partial charge >= 0.3 is 0 Å². The zero-order chi connectivity index (χ0) is 9.52. The average Bonchev–Trinajstić information content (AvgIpc) is 2.52. The Balaban J connectivity index is 1.93. The maximum absolute atomic E-state index is 8.60. The van der Waals surface area contributed by atoms with Crippen molar-refractivity contribution in [1.29, 1.82) is 0 Å². The van der Waals surface area contributed by atoms with Crippen molar-refractivity contribution in [3.63, 3.8) is 0 Å². The van der Waals surface area contributed by atoms with Gasteiger partial charge in [-0.1, -0.05) is 6.92 Å². The number of rotatable bonds is 6. The fourth-order valence-electron chi connectivity index (χ4n) is 1.70. The molecule has 1 aliphatic rings. The molecule has 0 spiro atoms. The van der Waals surface area contributed by atoms with Gasteiger partial charge in [0.15, 0.2) is 0 Å². The van der Waals surface area contributed by atoms with E-state index in [1.54, 1.807) is 0 Å². The first-order chi connectivity index (χ1) is 6.34. The monoisotopic (exact) mass is 203 g/mol. The van der Waals surface area contributed by atoms with Crippen molar-refractivity contribution in [2.24, 2.45) is 0 Å². The van der Waals surface area contributed by atoms with Crippen LogP contribution in [-0.2, 0) is 0 Å². The third kappa shape index (κ3) is 4.34. The second-order valence-corrected chi connectivity index (χ2v) is 5.19. The third-order valence-electron chi connectivity index (χ3n) is 2.62. The van der Waals surface area contributed by atoms with E-state index in [4.69, 9.17) is 5.11 Å². The number of unbranched alkanes of at least 4 members (excludes halogenated alkanes) is 2. The molecule has 0 amide bonds. The summed E-state index contributed by atoms with van der Waals surface area (Å²) in [4.78, 5) is 0. The van der Waals surface area contributed by atoms with Crippen molar-refractivity contribution in [3.05, 3.63) is 0 Å². The maximum Gasteiger partial charge on any atom is 0.0431 e. The Kier molecular flexibility index (Phi) is 5.83. The van der Waals surface area contributed by atoms with Gasteiger partial charge in [-0.3, -0.25) is 0 Å². The van der Waals surface area contributed by atoms with Crippen molar-refractivity contribution in [2.45, 2.75) is 43.9 Å². The van der Waals surface area contributed by atoms with Crippen molar-refractivity contribution in [3.8, 4) is 0 Å².